The molecular weight excluding hydrogens is 438 g/mol. The molecule has 0 atom stereocenters. The summed E-state index contributed by atoms with van der Waals surface area (Å²) >= 11 is 0. The van der Waals surface area contributed by atoms with E-state index in [1.54, 1.807) is 6.20 Å². The lowest BCUT2D eigenvalue weighted by Crippen LogP contribution is -2.35. The normalized spacial score (nSPS) is 11.6. The van der Waals surface area contributed by atoms with Gasteiger partial charge in [0.25, 0.3) is 0 Å². The number of amides is 1. The maximum absolute atomic E-state index is 11.6. The number of nitrogens with zero attached hydrogens (tertiary/aromatic N) is 5. The third-order valence-corrected chi connectivity index (χ3v) is 5.74. The van der Waals surface area contributed by atoms with E-state index in [2.05, 4.69) is 56.1 Å². The molecule has 0 aliphatic heterocycles. The fourth-order valence-electron chi connectivity index (χ4n) is 4.12. The number of benzene rings is 2. The fraction of sp³-hybridized carbons (Fsp3) is 0.357. The number of pyridine rings is 1. The van der Waals surface area contributed by atoms with Gasteiger partial charge in [0.05, 0.1) is 12.1 Å². The lowest BCUT2D eigenvalue weighted by Gasteiger charge is -2.27. The van der Waals surface area contributed by atoms with Crippen LogP contribution in [0, 0.1) is 0 Å². The summed E-state index contributed by atoms with van der Waals surface area (Å²) in [6.07, 6.45) is 8.32. The van der Waals surface area contributed by atoms with Gasteiger partial charge in [-0.3, -0.25) is 14.6 Å². The number of hydrogen-bond donors (Lipinski definition) is 0. The molecule has 2 heterocycles. The predicted molar refractivity (Wildman–Crippen MR) is 137 cm³/mol. The van der Waals surface area contributed by atoms with Gasteiger partial charge in [0, 0.05) is 36.3 Å². The molecule has 0 aliphatic rings. The molecule has 0 saturated heterocycles. The van der Waals surface area contributed by atoms with Crippen LogP contribution in [0.4, 0.5) is 0 Å². The monoisotopic (exact) mass is 471 g/mol. The molecule has 4 rings (SSSR count). The summed E-state index contributed by atoms with van der Waals surface area (Å²) in [6, 6.07) is 18.7. The van der Waals surface area contributed by atoms with Crippen molar-refractivity contribution in [1.29, 1.82) is 0 Å². The number of carbonyl (C=O) groups excluding carboxylic acids is 1. The number of unbranched alkanes of at least 4 members (excludes halogenated alkanes) is 1. The molecule has 0 radical (unpaired) electrons. The fourth-order valence-corrected chi connectivity index (χ4v) is 4.12. The maximum Gasteiger partial charge on any atom is 0.233 e. The molecule has 35 heavy (non-hydrogen) atoms. The van der Waals surface area contributed by atoms with Gasteiger partial charge in [-0.05, 0) is 63.1 Å². The van der Waals surface area contributed by atoms with Crippen molar-refractivity contribution in [2.75, 3.05) is 6.54 Å². The van der Waals surface area contributed by atoms with Crippen LogP contribution in [0.5, 0.6) is 0 Å². The zero-order valence-electron chi connectivity index (χ0n) is 20.7. The van der Waals surface area contributed by atoms with Gasteiger partial charge >= 0.3 is 0 Å². The Balaban J connectivity index is 1.54. The van der Waals surface area contributed by atoms with Crippen LogP contribution in [0.15, 0.2) is 67.0 Å². The lowest BCUT2D eigenvalue weighted by molar-refractivity contribution is -0.216. The molecular formula is C28H33N5O2. The molecule has 4 aromatic rings. The van der Waals surface area contributed by atoms with Gasteiger partial charge in [0.2, 0.25) is 6.41 Å². The van der Waals surface area contributed by atoms with E-state index < -0.39 is 5.60 Å². The Kier molecular flexibility index (Phi) is 7.87. The van der Waals surface area contributed by atoms with Crippen LogP contribution in [0.3, 0.4) is 0 Å². The standard InChI is InChI=1S/C28H33N5O2/c1-28(2,3)35-32(21-34)17-18-33-26(12-8-7-11-22-9-5-4-6-10-22)30-31-27(33)24-13-14-25-20-29-16-15-23(25)19-24/h4-6,9-10,13-16,19-21H,7-8,11-12,17-18H2,1-3H3. The number of hydrogen-bond acceptors (Lipinski definition) is 5. The van der Waals surface area contributed by atoms with E-state index in [9.17, 15) is 4.79 Å². The van der Waals surface area contributed by atoms with Crippen LogP contribution in [-0.4, -0.2) is 43.4 Å². The summed E-state index contributed by atoms with van der Waals surface area (Å²) in [5.41, 5.74) is 1.88. The highest BCUT2D eigenvalue weighted by Crippen LogP contribution is 2.24. The zero-order chi connectivity index (χ0) is 24.7. The van der Waals surface area contributed by atoms with E-state index in [1.165, 1.54) is 10.6 Å². The maximum atomic E-state index is 11.6. The van der Waals surface area contributed by atoms with Gasteiger partial charge in [0.1, 0.15) is 5.82 Å². The molecule has 0 spiro atoms. The summed E-state index contributed by atoms with van der Waals surface area (Å²) < 4.78 is 2.12. The molecule has 2 aromatic carbocycles. The first-order valence-corrected chi connectivity index (χ1v) is 12.1. The Bertz CT molecular complexity index is 1250. The van der Waals surface area contributed by atoms with E-state index >= 15 is 0 Å². The highest BCUT2D eigenvalue weighted by Gasteiger charge is 2.19. The molecule has 0 fully saturated rings. The van der Waals surface area contributed by atoms with Crippen molar-refractivity contribution in [2.24, 2.45) is 0 Å². The van der Waals surface area contributed by atoms with Gasteiger partial charge in [-0.1, -0.05) is 42.5 Å². The molecule has 182 valence electrons. The molecule has 7 heteroatoms. The summed E-state index contributed by atoms with van der Waals surface area (Å²) in [7, 11) is 0. The summed E-state index contributed by atoms with van der Waals surface area (Å²) in [5.74, 6) is 1.72. The molecule has 1 amide bonds. The number of rotatable bonds is 11. The van der Waals surface area contributed by atoms with Crippen molar-refractivity contribution in [3.8, 4) is 11.4 Å². The van der Waals surface area contributed by atoms with Crippen LogP contribution in [0.2, 0.25) is 0 Å². The molecule has 2 aromatic heterocycles. The van der Waals surface area contributed by atoms with Crippen LogP contribution in [0.1, 0.15) is 45.0 Å². The van der Waals surface area contributed by atoms with Gasteiger partial charge in [-0.15, -0.1) is 10.2 Å². The van der Waals surface area contributed by atoms with E-state index in [0.717, 1.165) is 60.1 Å². The number of aryl methyl sites for hydroxylation is 2. The minimum atomic E-state index is -0.455. The summed E-state index contributed by atoms with van der Waals surface area (Å²) in [4.78, 5) is 21.6. The average Bonchev–Trinajstić information content (AvgIpc) is 3.26. The Morgan fingerprint density at radius 1 is 0.971 bits per heavy atom. The van der Waals surface area contributed by atoms with Crippen LogP contribution in [0.25, 0.3) is 22.2 Å². The first kappa shape index (κ1) is 24.5. The number of aromatic nitrogens is 4. The Morgan fingerprint density at radius 3 is 2.54 bits per heavy atom. The van der Waals surface area contributed by atoms with Crippen LogP contribution >= 0.6 is 0 Å². The van der Waals surface area contributed by atoms with E-state index in [4.69, 9.17) is 4.84 Å². The van der Waals surface area contributed by atoms with Crippen LogP contribution in [-0.2, 0) is 29.0 Å². The Hall–Kier alpha value is -3.58. The molecule has 0 N–H and O–H groups in total. The third-order valence-electron chi connectivity index (χ3n) is 5.74. The summed E-state index contributed by atoms with van der Waals surface area (Å²) in [5, 5.41) is 12.6. The molecule has 0 unspecified atom stereocenters. The van der Waals surface area contributed by atoms with Crippen molar-refractivity contribution in [2.45, 2.75) is 58.6 Å². The van der Waals surface area contributed by atoms with Gasteiger partial charge in [-0.25, -0.2) is 5.06 Å². The largest absolute Gasteiger partial charge is 0.309 e. The molecule has 0 aliphatic carbocycles. The van der Waals surface area contributed by atoms with E-state index in [1.807, 2.05) is 45.2 Å². The van der Waals surface area contributed by atoms with Crippen LogP contribution < -0.4 is 0 Å². The number of hydroxylamine groups is 2. The summed E-state index contributed by atoms with van der Waals surface area (Å²) in [6.45, 7) is 6.72. The van der Waals surface area contributed by atoms with Gasteiger partial charge < -0.3 is 4.57 Å². The van der Waals surface area contributed by atoms with Crippen molar-refractivity contribution in [3.05, 3.63) is 78.4 Å². The van der Waals surface area contributed by atoms with Gasteiger partial charge in [0.15, 0.2) is 5.82 Å². The predicted octanol–water partition coefficient (Wildman–Crippen LogP) is 5.25. The second-order valence-electron chi connectivity index (χ2n) is 9.67. The third kappa shape index (κ3) is 6.73. The Labute approximate surface area is 206 Å². The zero-order valence-corrected chi connectivity index (χ0v) is 20.7. The average molecular weight is 472 g/mol. The lowest BCUT2D eigenvalue weighted by atomic mass is 10.1. The highest BCUT2D eigenvalue weighted by atomic mass is 16.7. The minimum Gasteiger partial charge on any atom is -0.309 e. The first-order valence-electron chi connectivity index (χ1n) is 12.1. The smallest absolute Gasteiger partial charge is 0.233 e. The topological polar surface area (TPSA) is 73.1 Å². The van der Waals surface area contributed by atoms with Gasteiger partial charge in [-0.2, -0.15) is 0 Å². The van der Waals surface area contributed by atoms with Crippen molar-refractivity contribution in [3.63, 3.8) is 0 Å². The number of carbonyl (C=O) groups is 1. The molecule has 0 bridgehead atoms. The minimum absolute atomic E-state index is 0.403. The molecule has 0 saturated carbocycles. The highest BCUT2D eigenvalue weighted by molar-refractivity contribution is 5.85. The first-order chi connectivity index (χ1) is 16.9. The van der Waals surface area contributed by atoms with E-state index in [-0.39, 0.29) is 0 Å². The SMILES string of the molecule is CC(C)(C)ON(C=O)CCn1c(CCCCc2ccccc2)nnc1-c1ccc2cnccc2c1. The van der Waals surface area contributed by atoms with Crippen molar-refractivity contribution < 1.29 is 9.63 Å². The van der Waals surface area contributed by atoms with Crippen molar-refractivity contribution in [1.82, 2.24) is 24.8 Å². The molecule has 7 nitrogen and oxygen atoms in total. The number of fused-ring (bicyclic) bond motifs is 1. The van der Waals surface area contributed by atoms with E-state index in [0.29, 0.717) is 13.1 Å². The quantitative estimate of drug-likeness (QED) is 0.170. The second kappa shape index (κ2) is 11.2. The Morgan fingerprint density at radius 2 is 1.77 bits per heavy atom. The second-order valence-corrected chi connectivity index (χ2v) is 9.67. The van der Waals surface area contributed by atoms with Crippen molar-refractivity contribution >= 4 is 17.2 Å².